The lowest BCUT2D eigenvalue weighted by molar-refractivity contribution is -0.140. The highest BCUT2D eigenvalue weighted by Crippen LogP contribution is 2.34. The molecule has 0 fully saturated rings. The van der Waals surface area contributed by atoms with E-state index < -0.39 is 17.8 Å². The maximum absolute atomic E-state index is 13.3. The zero-order chi connectivity index (χ0) is 15.6. The number of imidazole rings is 1. The van der Waals surface area contributed by atoms with E-state index in [0.29, 0.717) is 11.0 Å². The Balaban J connectivity index is 2.45. The average Bonchev–Trinajstić information content (AvgIpc) is 2.81. The van der Waals surface area contributed by atoms with E-state index in [9.17, 15) is 13.6 Å². The van der Waals surface area contributed by atoms with Crippen LogP contribution in [0.5, 0.6) is 0 Å². The Morgan fingerprint density at radius 2 is 2.00 bits per heavy atom. The largest absolute Gasteiger partial charge is 0.468 e. The Kier molecular flexibility index (Phi) is 4.82. The number of carbonyl (C=O) groups excluding carboxylic acids is 1. The SMILES string of the molecule is COC(=O)C(Sc1nc2ccccc2n1C(F)F)C(C)C. The van der Waals surface area contributed by atoms with Crippen molar-refractivity contribution in [3.63, 3.8) is 0 Å². The first-order valence-electron chi connectivity index (χ1n) is 6.45. The smallest absolute Gasteiger partial charge is 0.321 e. The number of halogens is 2. The van der Waals surface area contributed by atoms with E-state index in [1.54, 1.807) is 24.3 Å². The number of aromatic nitrogens is 2. The van der Waals surface area contributed by atoms with Crippen LogP contribution < -0.4 is 0 Å². The number of methoxy groups -OCH3 is 1. The summed E-state index contributed by atoms with van der Waals surface area (Å²) in [5.41, 5.74) is 0.829. The predicted octanol–water partition coefficient (Wildman–Crippen LogP) is 3.72. The summed E-state index contributed by atoms with van der Waals surface area (Å²) >= 11 is 1.01. The number of rotatable bonds is 5. The molecule has 0 bridgehead atoms. The van der Waals surface area contributed by atoms with E-state index >= 15 is 0 Å². The Labute approximate surface area is 125 Å². The number of alkyl halides is 2. The quantitative estimate of drug-likeness (QED) is 0.623. The fraction of sp³-hybridized carbons (Fsp3) is 0.429. The first-order chi connectivity index (χ1) is 9.95. The van der Waals surface area contributed by atoms with Gasteiger partial charge in [-0.15, -0.1) is 0 Å². The van der Waals surface area contributed by atoms with Gasteiger partial charge in [-0.05, 0) is 18.1 Å². The van der Waals surface area contributed by atoms with Crippen molar-refractivity contribution < 1.29 is 18.3 Å². The third-order valence-electron chi connectivity index (χ3n) is 3.03. The molecular formula is C14H16F2N2O2S. The van der Waals surface area contributed by atoms with Crippen LogP contribution in [0.15, 0.2) is 29.4 Å². The number of hydrogen-bond acceptors (Lipinski definition) is 4. The summed E-state index contributed by atoms with van der Waals surface area (Å²) in [6.07, 6.45) is 0. The van der Waals surface area contributed by atoms with Crippen molar-refractivity contribution in [2.75, 3.05) is 7.11 Å². The van der Waals surface area contributed by atoms with Crippen LogP contribution in [0.1, 0.15) is 20.4 Å². The number of esters is 1. The van der Waals surface area contributed by atoms with Crippen molar-refractivity contribution in [2.24, 2.45) is 5.92 Å². The third-order valence-corrected chi connectivity index (χ3v) is 4.52. The highest BCUT2D eigenvalue weighted by molar-refractivity contribution is 8.00. The number of carbonyl (C=O) groups is 1. The fourth-order valence-electron chi connectivity index (χ4n) is 1.98. The minimum absolute atomic E-state index is 0.0617. The molecule has 0 aliphatic heterocycles. The van der Waals surface area contributed by atoms with Gasteiger partial charge in [0.2, 0.25) is 0 Å². The molecule has 1 atom stereocenters. The number of para-hydroxylation sites is 2. The van der Waals surface area contributed by atoms with Crippen LogP contribution in [0.25, 0.3) is 11.0 Å². The van der Waals surface area contributed by atoms with Gasteiger partial charge in [-0.3, -0.25) is 9.36 Å². The van der Waals surface area contributed by atoms with E-state index in [1.165, 1.54) is 7.11 Å². The van der Waals surface area contributed by atoms with Gasteiger partial charge >= 0.3 is 12.5 Å². The topological polar surface area (TPSA) is 44.1 Å². The first-order valence-corrected chi connectivity index (χ1v) is 7.33. The fourth-order valence-corrected chi connectivity index (χ4v) is 3.11. The van der Waals surface area contributed by atoms with Crippen LogP contribution >= 0.6 is 11.8 Å². The Hall–Kier alpha value is -1.63. The standard InChI is InChI=1S/C14H16F2N2O2S/c1-8(2)11(12(19)20-3)21-14-17-9-6-4-5-7-10(9)18(14)13(15)16/h4-8,11,13H,1-3H3. The second-order valence-corrected chi connectivity index (χ2v) is 5.95. The van der Waals surface area contributed by atoms with E-state index in [4.69, 9.17) is 4.74 Å². The summed E-state index contributed by atoms with van der Waals surface area (Å²) in [6, 6.07) is 6.67. The van der Waals surface area contributed by atoms with Crippen LogP contribution in [0.2, 0.25) is 0 Å². The highest BCUT2D eigenvalue weighted by Gasteiger charge is 2.28. The van der Waals surface area contributed by atoms with E-state index in [0.717, 1.165) is 16.3 Å². The molecule has 7 heteroatoms. The lowest BCUT2D eigenvalue weighted by Gasteiger charge is -2.17. The Morgan fingerprint density at radius 3 is 2.57 bits per heavy atom. The second-order valence-electron chi connectivity index (χ2n) is 4.84. The van der Waals surface area contributed by atoms with Crippen LogP contribution in [-0.4, -0.2) is 27.9 Å². The average molecular weight is 314 g/mol. The molecule has 0 aliphatic carbocycles. The van der Waals surface area contributed by atoms with Crippen LogP contribution in [0.4, 0.5) is 8.78 Å². The lowest BCUT2D eigenvalue weighted by atomic mass is 10.1. The molecule has 4 nitrogen and oxygen atoms in total. The van der Waals surface area contributed by atoms with Crippen molar-refractivity contribution in [3.8, 4) is 0 Å². The summed E-state index contributed by atoms with van der Waals surface area (Å²) in [7, 11) is 1.29. The molecule has 0 radical (unpaired) electrons. The van der Waals surface area contributed by atoms with Crippen molar-refractivity contribution in [1.29, 1.82) is 0 Å². The Morgan fingerprint density at radius 1 is 1.33 bits per heavy atom. The number of hydrogen-bond donors (Lipinski definition) is 0. The number of benzene rings is 1. The van der Waals surface area contributed by atoms with Gasteiger partial charge in [-0.2, -0.15) is 8.78 Å². The summed E-state index contributed by atoms with van der Waals surface area (Å²) < 4.78 is 32.2. The maximum Gasteiger partial charge on any atom is 0.321 e. The van der Waals surface area contributed by atoms with Crippen LogP contribution in [0.3, 0.4) is 0 Å². The molecule has 0 aliphatic rings. The predicted molar refractivity (Wildman–Crippen MR) is 77.5 cm³/mol. The summed E-state index contributed by atoms with van der Waals surface area (Å²) in [5.74, 6) is -0.503. The summed E-state index contributed by atoms with van der Waals surface area (Å²) in [5, 5.41) is -0.459. The summed E-state index contributed by atoms with van der Waals surface area (Å²) in [6.45, 7) is 0.957. The molecule has 114 valence electrons. The van der Waals surface area contributed by atoms with Gasteiger partial charge in [0.1, 0.15) is 5.25 Å². The zero-order valence-electron chi connectivity index (χ0n) is 11.9. The van der Waals surface area contributed by atoms with Gasteiger partial charge in [-0.1, -0.05) is 37.7 Å². The molecule has 1 aromatic carbocycles. The van der Waals surface area contributed by atoms with E-state index in [-0.39, 0.29) is 11.1 Å². The van der Waals surface area contributed by atoms with Gasteiger partial charge in [-0.25, -0.2) is 4.98 Å². The molecule has 0 saturated heterocycles. The molecule has 2 rings (SSSR count). The van der Waals surface area contributed by atoms with Crippen molar-refractivity contribution in [3.05, 3.63) is 24.3 Å². The molecule has 0 saturated carbocycles. The van der Waals surface area contributed by atoms with E-state index in [1.807, 2.05) is 13.8 Å². The normalized spacial score (nSPS) is 13.1. The molecule has 1 heterocycles. The molecule has 1 aromatic heterocycles. The van der Waals surface area contributed by atoms with Crippen LogP contribution in [-0.2, 0) is 9.53 Å². The van der Waals surface area contributed by atoms with Crippen molar-refractivity contribution in [2.45, 2.75) is 30.8 Å². The van der Waals surface area contributed by atoms with Gasteiger partial charge in [0, 0.05) is 0 Å². The van der Waals surface area contributed by atoms with E-state index in [2.05, 4.69) is 4.98 Å². The third kappa shape index (κ3) is 3.18. The highest BCUT2D eigenvalue weighted by atomic mass is 32.2. The molecule has 0 N–H and O–H groups in total. The molecule has 0 amide bonds. The van der Waals surface area contributed by atoms with Gasteiger partial charge in [0.15, 0.2) is 5.16 Å². The first kappa shape index (κ1) is 15.8. The van der Waals surface area contributed by atoms with Crippen molar-refractivity contribution >= 4 is 28.8 Å². The molecule has 1 unspecified atom stereocenters. The Bertz CT molecular complexity index is 643. The molecule has 21 heavy (non-hydrogen) atoms. The number of nitrogens with zero attached hydrogens (tertiary/aromatic N) is 2. The van der Waals surface area contributed by atoms with Gasteiger partial charge < -0.3 is 4.74 Å². The maximum atomic E-state index is 13.3. The monoisotopic (exact) mass is 314 g/mol. The second kappa shape index (κ2) is 6.43. The minimum Gasteiger partial charge on any atom is -0.468 e. The number of fused-ring (bicyclic) bond motifs is 1. The van der Waals surface area contributed by atoms with Crippen LogP contribution in [0, 0.1) is 5.92 Å². The lowest BCUT2D eigenvalue weighted by Crippen LogP contribution is -2.25. The molecule has 0 spiro atoms. The summed E-state index contributed by atoms with van der Waals surface area (Å²) in [4.78, 5) is 16.0. The number of ether oxygens (including phenoxy) is 1. The zero-order valence-corrected chi connectivity index (χ0v) is 12.7. The molecule has 2 aromatic rings. The van der Waals surface area contributed by atoms with Crippen molar-refractivity contribution in [1.82, 2.24) is 9.55 Å². The van der Waals surface area contributed by atoms with Gasteiger partial charge in [0.25, 0.3) is 0 Å². The van der Waals surface area contributed by atoms with Gasteiger partial charge in [0.05, 0.1) is 18.1 Å². The number of thioether (sulfide) groups is 1. The molecular weight excluding hydrogens is 298 g/mol. The minimum atomic E-state index is -2.72.